The van der Waals surface area contributed by atoms with Crippen molar-refractivity contribution in [1.29, 1.82) is 0 Å². The second-order valence-corrected chi connectivity index (χ2v) is 13.7. The Morgan fingerprint density at radius 2 is 1.27 bits per heavy atom. The molecule has 4 aromatic rings. The SMILES string of the molecule is COc1ccc(-c2ccc(Oc3ccc(S(=O)(=O)c4ccc(C)c(C(F)(F)S(=O)(=O)O)c4)cc3)c(Br)c2)cc1Br. The van der Waals surface area contributed by atoms with Gasteiger partial charge in [0.15, 0.2) is 0 Å². The molecule has 0 unspecified atom stereocenters. The van der Waals surface area contributed by atoms with Crippen LogP contribution in [0.3, 0.4) is 0 Å². The van der Waals surface area contributed by atoms with Crippen LogP contribution in [-0.2, 0) is 25.2 Å². The summed E-state index contributed by atoms with van der Waals surface area (Å²) in [5, 5.41) is -4.69. The van der Waals surface area contributed by atoms with Crippen molar-refractivity contribution < 1.29 is 39.6 Å². The van der Waals surface area contributed by atoms with E-state index in [-0.39, 0.29) is 10.5 Å². The fourth-order valence-corrected chi connectivity index (χ4v) is 6.56. The maximum Gasteiger partial charge on any atom is 0.395 e. The Morgan fingerprint density at radius 1 is 0.750 bits per heavy atom. The first-order chi connectivity index (χ1) is 18.6. The summed E-state index contributed by atoms with van der Waals surface area (Å²) < 4.78 is 98.8. The van der Waals surface area contributed by atoms with E-state index in [1.807, 2.05) is 30.3 Å². The maximum atomic E-state index is 14.3. The van der Waals surface area contributed by atoms with Crippen molar-refractivity contribution in [2.45, 2.75) is 22.0 Å². The number of ether oxygens (including phenoxy) is 2. The zero-order valence-corrected chi connectivity index (χ0v) is 25.5. The number of halogens is 4. The van der Waals surface area contributed by atoms with Gasteiger partial charge in [0.1, 0.15) is 17.2 Å². The van der Waals surface area contributed by atoms with Crippen LogP contribution in [0.5, 0.6) is 17.2 Å². The molecule has 0 aliphatic heterocycles. The topological polar surface area (TPSA) is 107 Å². The third-order valence-corrected chi connectivity index (χ3v) is 9.81. The Morgan fingerprint density at radius 3 is 1.77 bits per heavy atom. The molecule has 4 aromatic carbocycles. The molecule has 0 aromatic heterocycles. The van der Waals surface area contributed by atoms with Gasteiger partial charge in [-0.1, -0.05) is 18.2 Å². The van der Waals surface area contributed by atoms with Crippen molar-refractivity contribution in [2.75, 3.05) is 7.11 Å². The second kappa shape index (κ2) is 11.2. The summed E-state index contributed by atoms with van der Waals surface area (Å²) in [7, 11) is -8.56. The Kier molecular flexibility index (Phi) is 8.44. The Labute approximate surface area is 246 Å². The molecule has 13 heteroatoms. The summed E-state index contributed by atoms with van der Waals surface area (Å²) in [6, 6.07) is 19.1. The largest absolute Gasteiger partial charge is 0.496 e. The van der Waals surface area contributed by atoms with Gasteiger partial charge in [0.05, 0.1) is 25.8 Å². The van der Waals surface area contributed by atoms with Gasteiger partial charge in [-0.3, -0.25) is 4.55 Å². The predicted octanol–water partition coefficient (Wildman–Crippen LogP) is 7.76. The lowest BCUT2D eigenvalue weighted by atomic mass is 10.1. The molecule has 210 valence electrons. The summed E-state index contributed by atoms with van der Waals surface area (Å²) in [6.45, 7) is 1.18. The molecule has 0 bridgehead atoms. The van der Waals surface area contributed by atoms with Crippen LogP contribution < -0.4 is 9.47 Å². The highest BCUT2D eigenvalue weighted by molar-refractivity contribution is 9.11. The molecular weight excluding hydrogens is 698 g/mol. The third kappa shape index (κ3) is 5.93. The number of hydrogen-bond donors (Lipinski definition) is 1. The van der Waals surface area contributed by atoms with E-state index in [4.69, 9.17) is 14.0 Å². The summed E-state index contributed by atoms with van der Waals surface area (Å²) in [6.07, 6.45) is 0. The first kappa shape index (κ1) is 30.1. The highest BCUT2D eigenvalue weighted by Gasteiger charge is 2.47. The van der Waals surface area contributed by atoms with Gasteiger partial charge in [0.25, 0.3) is 0 Å². The highest BCUT2D eigenvalue weighted by atomic mass is 79.9. The molecule has 0 aliphatic carbocycles. The van der Waals surface area contributed by atoms with Crippen LogP contribution in [0.4, 0.5) is 8.78 Å². The number of rotatable bonds is 8. The summed E-state index contributed by atoms with van der Waals surface area (Å²) in [4.78, 5) is -0.794. The van der Waals surface area contributed by atoms with Crippen LogP contribution in [0, 0.1) is 6.92 Å². The zero-order chi connectivity index (χ0) is 29.5. The van der Waals surface area contributed by atoms with Gasteiger partial charge in [0, 0.05) is 5.56 Å². The first-order valence-corrected chi connectivity index (χ1v) is 15.8. The van der Waals surface area contributed by atoms with Gasteiger partial charge >= 0.3 is 15.4 Å². The number of alkyl halides is 2. The minimum atomic E-state index is -5.82. The first-order valence-electron chi connectivity index (χ1n) is 11.3. The summed E-state index contributed by atoms with van der Waals surface area (Å²) in [5.41, 5.74) is 0.497. The molecule has 0 saturated carbocycles. The normalized spacial score (nSPS) is 12.3. The minimum absolute atomic E-state index is 0.207. The lowest BCUT2D eigenvalue weighted by molar-refractivity contribution is 0.0780. The highest BCUT2D eigenvalue weighted by Crippen LogP contribution is 2.39. The van der Waals surface area contributed by atoms with Crippen LogP contribution >= 0.6 is 31.9 Å². The Balaban J connectivity index is 1.58. The Bertz CT molecular complexity index is 1810. The van der Waals surface area contributed by atoms with Crippen molar-refractivity contribution in [2.24, 2.45) is 0 Å². The quantitative estimate of drug-likeness (QED) is 0.186. The van der Waals surface area contributed by atoms with Crippen LogP contribution in [0.2, 0.25) is 0 Å². The molecule has 0 fully saturated rings. The number of sulfone groups is 1. The molecule has 1 N–H and O–H groups in total. The van der Waals surface area contributed by atoms with E-state index >= 15 is 0 Å². The molecule has 0 aliphatic rings. The van der Waals surface area contributed by atoms with Crippen molar-refractivity contribution in [3.05, 3.63) is 98.9 Å². The van der Waals surface area contributed by atoms with E-state index in [2.05, 4.69) is 31.9 Å². The number of methoxy groups -OCH3 is 1. The monoisotopic (exact) mass is 716 g/mol. The van der Waals surface area contributed by atoms with E-state index in [0.29, 0.717) is 27.8 Å². The van der Waals surface area contributed by atoms with Crippen molar-refractivity contribution in [3.63, 3.8) is 0 Å². The Hall–Kier alpha value is -2.84. The number of hydrogen-bond acceptors (Lipinski definition) is 6. The molecule has 0 spiro atoms. The fourth-order valence-electron chi connectivity index (χ4n) is 3.78. The van der Waals surface area contributed by atoms with Gasteiger partial charge in [-0.15, -0.1) is 0 Å². The van der Waals surface area contributed by atoms with Gasteiger partial charge < -0.3 is 9.47 Å². The van der Waals surface area contributed by atoms with E-state index in [1.54, 1.807) is 13.2 Å². The third-order valence-electron chi connectivity index (χ3n) is 5.94. The van der Waals surface area contributed by atoms with E-state index in [9.17, 15) is 25.6 Å². The van der Waals surface area contributed by atoms with Crippen molar-refractivity contribution in [3.8, 4) is 28.4 Å². The molecular formula is C27H20Br2F2O7S2. The van der Waals surface area contributed by atoms with Gasteiger partial charge in [-0.05, 0) is 116 Å². The fraction of sp³-hybridized carbons (Fsp3) is 0.111. The lowest BCUT2D eigenvalue weighted by Crippen LogP contribution is -2.26. The van der Waals surface area contributed by atoms with Crippen molar-refractivity contribution in [1.82, 2.24) is 0 Å². The van der Waals surface area contributed by atoms with Gasteiger partial charge in [-0.25, -0.2) is 8.42 Å². The number of aryl methyl sites for hydroxylation is 1. The van der Waals surface area contributed by atoms with E-state index in [1.165, 1.54) is 31.2 Å². The second-order valence-electron chi connectivity index (χ2n) is 8.54. The molecule has 0 atom stereocenters. The predicted molar refractivity (Wildman–Crippen MR) is 152 cm³/mol. The summed E-state index contributed by atoms with van der Waals surface area (Å²) in [5.74, 6) is 1.47. The molecule has 0 radical (unpaired) electrons. The average molecular weight is 718 g/mol. The van der Waals surface area contributed by atoms with E-state index < -0.39 is 35.7 Å². The molecule has 0 saturated heterocycles. The average Bonchev–Trinajstić information content (AvgIpc) is 2.89. The minimum Gasteiger partial charge on any atom is -0.496 e. The molecule has 0 heterocycles. The molecule has 40 heavy (non-hydrogen) atoms. The van der Waals surface area contributed by atoms with Gasteiger partial charge in [0.2, 0.25) is 9.84 Å². The van der Waals surface area contributed by atoms with Crippen LogP contribution in [0.25, 0.3) is 11.1 Å². The van der Waals surface area contributed by atoms with Crippen LogP contribution in [0.1, 0.15) is 11.1 Å². The van der Waals surface area contributed by atoms with Crippen LogP contribution in [-0.4, -0.2) is 28.5 Å². The zero-order valence-electron chi connectivity index (χ0n) is 20.7. The van der Waals surface area contributed by atoms with Gasteiger partial charge in [-0.2, -0.15) is 17.2 Å². The smallest absolute Gasteiger partial charge is 0.395 e. The molecule has 4 rings (SSSR count). The lowest BCUT2D eigenvalue weighted by Gasteiger charge is -2.17. The molecule has 7 nitrogen and oxygen atoms in total. The van der Waals surface area contributed by atoms with Crippen LogP contribution in [0.15, 0.2) is 97.6 Å². The maximum absolute atomic E-state index is 14.3. The van der Waals surface area contributed by atoms with E-state index in [0.717, 1.165) is 27.7 Å². The molecule has 0 amide bonds. The summed E-state index contributed by atoms with van der Waals surface area (Å²) >= 11 is 6.96. The number of benzene rings is 4. The van der Waals surface area contributed by atoms with Crippen molar-refractivity contribution >= 4 is 51.8 Å². The standard InChI is InChI=1S/C27H20Br2F2O7S2/c1-16-3-8-21(15-22(16)27(30,31)40(34,35)36)39(32,33)20-9-6-19(7-10-20)38-26-12-5-18(14-24(26)29)17-4-11-25(37-2)23(28)13-17/h3-15H,1-2H3,(H,34,35,36).